The lowest BCUT2D eigenvalue weighted by atomic mass is 9.81. The van der Waals surface area contributed by atoms with Gasteiger partial charge < -0.3 is 9.40 Å². The zero-order chi connectivity index (χ0) is 32.7. The van der Waals surface area contributed by atoms with Crippen molar-refractivity contribution in [2.45, 2.75) is 19.3 Å². The lowest BCUT2D eigenvalue weighted by molar-refractivity contribution is 0.598. The number of aromatic nitrogens is 5. The summed E-state index contributed by atoms with van der Waals surface area (Å²) in [5, 5.41) is 2.28. The molecule has 0 bridgehead atoms. The molecule has 49 heavy (non-hydrogen) atoms. The van der Waals surface area contributed by atoms with Crippen LogP contribution in [0.4, 0.5) is 0 Å². The van der Waals surface area contributed by atoms with E-state index in [1.54, 1.807) is 0 Å². The fourth-order valence-corrected chi connectivity index (χ4v) is 7.42. The van der Waals surface area contributed by atoms with E-state index in [1.165, 1.54) is 39.8 Å². The number of nitrogens with zero attached hydrogens (tertiary/aromatic N) is 4. The summed E-state index contributed by atoms with van der Waals surface area (Å²) in [4.78, 5) is 22.8. The second-order valence-corrected chi connectivity index (χ2v) is 13.3. The summed E-state index contributed by atoms with van der Waals surface area (Å²) in [7, 11) is 0. The largest absolute Gasteiger partial charge is 0.443 e. The Morgan fingerprint density at radius 2 is 1.06 bits per heavy atom. The minimum atomic E-state index is -0.164. The summed E-state index contributed by atoms with van der Waals surface area (Å²) >= 11 is 0. The highest BCUT2D eigenvalue weighted by Crippen LogP contribution is 2.51. The normalized spacial score (nSPS) is 13.3. The van der Waals surface area contributed by atoms with Crippen molar-refractivity contribution in [2.75, 3.05) is 0 Å². The summed E-state index contributed by atoms with van der Waals surface area (Å²) in [5.41, 5.74) is 14.0. The average molecular weight is 632 g/mol. The third-order valence-electron chi connectivity index (χ3n) is 10.0. The second-order valence-electron chi connectivity index (χ2n) is 13.3. The molecule has 6 heteroatoms. The van der Waals surface area contributed by atoms with Crippen LogP contribution in [0.1, 0.15) is 25.0 Å². The van der Waals surface area contributed by atoms with Crippen molar-refractivity contribution in [3.8, 4) is 56.4 Å². The third kappa shape index (κ3) is 4.34. The van der Waals surface area contributed by atoms with Gasteiger partial charge in [0.15, 0.2) is 29.4 Å². The Kier molecular flexibility index (Phi) is 5.82. The van der Waals surface area contributed by atoms with Crippen LogP contribution in [0.3, 0.4) is 0 Å². The zero-order valence-electron chi connectivity index (χ0n) is 26.9. The molecule has 0 fully saturated rings. The molecule has 0 spiro atoms. The lowest BCUT2D eigenvalue weighted by Gasteiger charge is -2.22. The third-order valence-corrected chi connectivity index (χ3v) is 10.0. The number of hydrogen-bond donors (Lipinski definition) is 1. The molecule has 0 radical (unpaired) electrons. The molecule has 10 rings (SSSR count). The van der Waals surface area contributed by atoms with Crippen LogP contribution in [0.5, 0.6) is 0 Å². The Balaban J connectivity index is 1.09. The first-order valence-corrected chi connectivity index (χ1v) is 16.5. The Morgan fingerprint density at radius 1 is 0.510 bits per heavy atom. The summed E-state index contributed by atoms with van der Waals surface area (Å²) in [6.45, 7) is 4.59. The van der Waals surface area contributed by atoms with Crippen molar-refractivity contribution in [3.63, 3.8) is 0 Å². The number of benzene rings is 6. The molecule has 3 heterocycles. The maximum absolute atomic E-state index is 5.66. The molecule has 6 nitrogen and oxygen atoms in total. The van der Waals surface area contributed by atoms with Crippen LogP contribution in [0.2, 0.25) is 0 Å². The van der Waals surface area contributed by atoms with Crippen LogP contribution in [-0.4, -0.2) is 24.9 Å². The van der Waals surface area contributed by atoms with Crippen LogP contribution < -0.4 is 0 Å². The first-order chi connectivity index (χ1) is 24.0. The van der Waals surface area contributed by atoms with E-state index >= 15 is 0 Å². The van der Waals surface area contributed by atoms with Crippen LogP contribution in [0.15, 0.2) is 138 Å². The van der Waals surface area contributed by atoms with Gasteiger partial charge in [-0.2, -0.15) is 0 Å². The molecule has 0 unspecified atom stereocenters. The number of H-pyrrole nitrogens is 1. The molecular formula is C43H29N5O. The molecule has 0 aliphatic heterocycles. The van der Waals surface area contributed by atoms with Gasteiger partial charge >= 0.3 is 0 Å². The molecule has 1 aliphatic rings. The van der Waals surface area contributed by atoms with E-state index in [4.69, 9.17) is 19.4 Å². The Labute approximate surface area is 282 Å². The van der Waals surface area contributed by atoms with E-state index in [0.29, 0.717) is 17.5 Å². The van der Waals surface area contributed by atoms with Gasteiger partial charge in [-0.3, -0.25) is 0 Å². The van der Waals surface area contributed by atoms with E-state index < -0.39 is 0 Å². The van der Waals surface area contributed by atoms with Crippen molar-refractivity contribution in [1.29, 1.82) is 0 Å². The van der Waals surface area contributed by atoms with Crippen molar-refractivity contribution in [3.05, 3.63) is 145 Å². The first kappa shape index (κ1) is 27.7. The van der Waals surface area contributed by atoms with Gasteiger partial charge in [-0.1, -0.05) is 92.7 Å². The molecule has 9 aromatic rings. The number of fused-ring (bicyclic) bond motifs is 7. The second kappa shape index (κ2) is 10.3. The molecule has 1 N–H and O–H groups in total. The molecule has 0 amide bonds. The minimum absolute atomic E-state index is 0.164. The number of oxazole rings is 1. The highest BCUT2D eigenvalue weighted by atomic mass is 16.3. The van der Waals surface area contributed by atoms with Crippen molar-refractivity contribution in [1.82, 2.24) is 24.9 Å². The minimum Gasteiger partial charge on any atom is -0.443 e. The Bertz CT molecular complexity index is 2680. The van der Waals surface area contributed by atoms with Crippen LogP contribution in [-0.2, 0) is 5.41 Å². The molecule has 0 saturated carbocycles. The van der Waals surface area contributed by atoms with Crippen molar-refractivity contribution >= 4 is 32.9 Å². The molecular weight excluding hydrogens is 603 g/mol. The van der Waals surface area contributed by atoms with Gasteiger partial charge in [0.25, 0.3) is 0 Å². The standard InChI is InChI=1S/C43H29N5O/c1-43(2)34-21-28(13-16-30(34)31-22-38-39(23-35(31)43)49-24-44-38)27-14-17-36-32(19-27)33-20-29(15-18-37(33)45-36)42-47-40(25-9-5-3-6-10-25)46-41(48-42)26-11-7-4-8-12-26/h3-24,45H,1-2H3. The van der Waals surface area contributed by atoms with Crippen LogP contribution >= 0.6 is 0 Å². The molecule has 1 aliphatic carbocycles. The van der Waals surface area contributed by atoms with E-state index in [9.17, 15) is 0 Å². The smallest absolute Gasteiger partial charge is 0.181 e. The number of aromatic amines is 1. The van der Waals surface area contributed by atoms with Gasteiger partial charge in [0.05, 0.1) is 0 Å². The van der Waals surface area contributed by atoms with Gasteiger partial charge in [0, 0.05) is 43.9 Å². The lowest BCUT2D eigenvalue weighted by Crippen LogP contribution is -2.15. The number of hydrogen-bond acceptors (Lipinski definition) is 5. The summed E-state index contributed by atoms with van der Waals surface area (Å²) in [5.74, 6) is 1.94. The Hall–Kier alpha value is -6.40. The van der Waals surface area contributed by atoms with Crippen LogP contribution in [0, 0.1) is 0 Å². The highest BCUT2D eigenvalue weighted by molar-refractivity contribution is 6.09. The fraction of sp³-hybridized carbons (Fsp3) is 0.0698. The molecule has 232 valence electrons. The van der Waals surface area contributed by atoms with E-state index in [0.717, 1.165) is 49.6 Å². The van der Waals surface area contributed by atoms with Gasteiger partial charge in [-0.15, -0.1) is 0 Å². The quantitative estimate of drug-likeness (QED) is 0.209. The fourth-order valence-electron chi connectivity index (χ4n) is 7.42. The zero-order valence-corrected chi connectivity index (χ0v) is 26.9. The summed E-state index contributed by atoms with van der Waals surface area (Å²) in [6.07, 6.45) is 1.52. The summed E-state index contributed by atoms with van der Waals surface area (Å²) < 4.78 is 5.66. The van der Waals surface area contributed by atoms with Crippen molar-refractivity contribution < 1.29 is 4.42 Å². The van der Waals surface area contributed by atoms with Gasteiger partial charge in [-0.25, -0.2) is 19.9 Å². The van der Waals surface area contributed by atoms with E-state index in [-0.39, 0.29) is 5.41 Å². The van der Waals surface area contributed by atoms with Gasteiger partial charge in [-0.05, 0) is 81.9 Å². The predicted octanol–water partition coefficient (Wildman–Crippen LogP) is 10.6. The van der Waals surface area contributed by atoms with E-state index in [2.05, 4.69) is 90.5 Å². The highest BCUT2D eigenvalue weighted by Gasteiger charge is 2.36. The maximum Gasteiger partial charge on any atom is 0.181 e. The topological polar surface area (TPSA) is 80.5 Å². The molecule has 6 aromatic carbocycles. The summed E-state index contributed by atoms with van der Waals surface area (Å²) in [6, 6.07) is 44.4. The van der Waals surface area contributed by atoms with Crippen molar-refractivity contribution in [2.24, 2.45) is 0 Å². The van der Waals surface area contributed by atoms with E-state index in [1.807, 2.05) is 60.7 Å². The first-order valence-electron chi connectivity index (χ1n) is 16.5. The van der Waals surface area contributed by atoms with Gasteiger partial charge in [0.1, 0.15) is 5.52 Å². The Morgan fingerprint density at radius 3 is 1.73 bits per heavy atom. The van der Waals surface area contributed by atoms with Crippen LogP contribution in [0.25, 0.3) is 89.3 Å². The number of nitrogens with one attached hydrogen (secondary N) is 1. The molecule has 0 atom stereocenters. The maximum atomic E-state index is 5.66. The predicted molar refractivity (Wildman–Crippen MR) is 196 cm³/mol. The SMILES string of the molecule is CC1(C)c2cc(-c3ccc4[nH]c5ccc(-c6nc(-c7ccccc7)nc(-c7ccccc7)n6)cc5c4c3)ccc2-c2cc3ncoc3cc21. The number of rotatable bonds is 4. The average Bonchev–Trinajstić information content (AvgIpc) is 3.83. The molecule has 0 saturated heterocycles. The monoisotopic (exact) mass is 631 g/mol. The molecule has 3 aromatic heterocycles. The van der Waals surface area contributed by atoms with Gasteiger partial charge in [0.2, 0.25) is 0 Å².